The van der Waals surface area contributed by atoms with Crippen molar-refractivity contribution in [3.63, 3.8) is 0 Å². The number of hydrogen-bond donors (Lipinski definition) is 0. The van der Waals surface area contributed by atoms with Crippen LogP contribution in [0.2, 0.25) is 10.0 Å². The van der Waals surface area contributed by atoms with Crippen LogP contribution in [0.1, 0.15) is 36.5 Å². The molecule has 2 fully saturated rings. The molecule has 2 aliphatic rings. The number of benzene rings is 2. The molecule has 1 aromatic heterocycles. The molecule has 3 heterocycles. The fourth-order valence-corrected chi connectivity index (χ4v) is 5.50. The molecule has 178 valence electrons. The second-order valence-corrected chi connectivity index (χ2v) is 10.2. The van der Waals surface area contributed by atoms with Gasteiger partial charge >= 0.3 is 0 Å². The third kappa shape index (κ3) is 5.02. The number of piperidine rings is 2. The van der Waals surface area contributed by atoms with Crippen molar-refractivity contribution in [3.05, 3.63) is 70.3 Å². The molecule has 2 aromatic carbocycles. The van der Waals surface area contributed by atoms with Gasteiger partial charge in [0.25, 0.3) is 5.91 Å². The van der Waals surface area contributed by atoms with Gasteiger partial charge in [0.15, 0.2) is 0 Å². The molecule has 3 aromatic rings. The summed E-state index contributed by atoms with van der Waals surface area (Å²) in [5.41, 5.74) is 1.66. The molecule has 0 N–H and O–H groups in total. The van der Waals surface area contributed by atoms with E-state index in [0.717, 1.165) is 67.7 Å². The van der Waals surface area contributed by atoms with E-state index in [1.54, 1.807) is 18.3 Å². The number of likely N-dealkylation sites (tertiary alicyclic amines) is 2. The van der Waals surface area contributed by atoms with Crippen molar-refractivity contribution in [2.45, 2.75) is 38.3 Å². The number of fused-ring (bicyclic) bond motifs is 1. The maximum absolute atomic E-state index is 13.1. The summed E-state index contributed by atoms with van der Waals surface area (Å²) in [6, 6.07) is 15.7. The van der Waals surface area contributed by atoms with E-state index in [1.165, 1.54) is 0 Å². The largest absolute Gasteiger partial charge is 0.490 e. The summed E-state index contributed by atoms with van der Waals surface area (Å²) < 4.78 is 6.24. The number of carbonyl (C=O) groups is 1. The van der Waals surface area contributed by atoms with Crippen molar-refractivity contribution >= 4 is 40.0 Å². The molecule has 7 heteroatoms. The fourth-order valence-electron chi connectivity index (χ4n) is 5.21. The zero-order chi connectivity index (χ0) is 23.7. The lowest BCUT2D eigenvalue weighted by Gasteiger charge is -2.44. The molecular formula is C27H29Cl2N3O2. The Balaban J connectivity index is 1.14. The van der Waals surface area contributed by atoms with Gasteiger partial charge in [0.05, 0.1) is 15.6 Å². The van der Waals surface area contributed by atoms with E-state index < -0.39 is 0 Å². The molecule has 2 atom stereocenters. The second-order valence-electron chi connectivity index (χ2n) is 9.43. The first-order valence-corrected chi connectivity index (χ1v) is 12.7. The maximum Gasteiger partial charge on any atom is 0.253 e. The van der Waals surface area contributed by atoms with Gasteiger partial charge in [0.2, 0.25) is 0 Å². The standard InChI is InChI=1S/C27H29Cl2N3O2/c1-18-17-32(14-10-26(18)34-22-5-6-23(28)24(29)16-22)21-8-12-31(13-9-21)27(33)20-4-7-25-19(15-20)3-2-11-30-25/h2-7,11,15-16,18,21,26H,8-10,12-14,17H2,1H3/t18-,26+/m0/s1. The molecule has 0 saturated carbocycles. The average Bonchev–Trinajstić information content (AvgIpc) is 2.87. The lowest BCUT2D eigenvalue weighted by molar-refractivity contribution is 0.0147. The van der Waals surface area contributed by atoms with Crippen LogP contribution in [0.4, 0.5) is 0 Å². The number of pyridine rings is 1. The lowest BCUT2D eigenvalue weighted by atomic mass is 9.92. The third-order valence-electron chi connectivity index (χ3n) is 7.15. The molecule has 0 spiro atoms. The van der Waals surface area contributed by atoms with Crippen molar-refractivity contribution < 1.29 is 9.53 Å². The van der Waals surface area contributed by atoms with Crippen molar-refractivity contribution in [1.29, 1.82) is 0 Å². The Hall–Kier alpha value is -2.34. The van der Waals surface area contributed by atoms with Crippen LogP contribution < -0.4 is 4.74 Å². The Bertz CT molecular complexity index is 1180. The van der Waals surface area contributed by atoms with Gasteiger partial charge in [-0.2, -0.15) is 0 Å². The number of carbonyl (C=O) groups excluding carboxylic acids is 1. The van der Waals surface area contributed by atoms with Gasteiger partial charge in [-0.15, -0.1) is 0 Å². The normalized spacial score (nSPS) is 22.1. The van der Waals surface area contributed by atoms with Crippen molar-refractivity contribution in [2.24, 2.45) is 5.92 Å². The predicted molar refractivity (Wildman–Crippen MR) is 137 cm³/mol. The number of aromatic nitrogens is 1. The van der Waals surface area contributed by atoms with Gasteiger partial charge in [0.1, 0.15) is 11.9 Å². The smallest absolute Gasteiger partial charge is 0.253 e. The summed E-state index contributed by atoms with van der Waals surface area (Å²) in [5.74, 6) is 1.30. The highest BCUT2D eigenvalue weighted by Crippen LogP contribution is 2.31. The monoisotopic (exact) mass is 497 g/mol. The van der Waals surface area contributed by atoms with E-state index in [9.17, 15) is 4.79 Å². The van der Waals surface area contributed by atoms with Gasteiger partial charge in [-0.3, -0.25) is 14.7 Å². The first-order valence-electron chi connectivity index (χ1n) is 12.0. The Kier molecular flexibility index (Phi) is 6.96. The van der Waals surface area contributed by atoms with Gasteiger partial charge in [0, 0.05) is 61.4 Å². The van der Waals surface area contributed by atoms with Crippen LogP contribution in [-0.2, 0) is 0 Å². The average molecular weight is 498 g/mol. The fraction of sp³-hybridized carbons (Fsp3) is 0.407. The van der Waals surface area contributed by atoms with Gasteiger partial charge in [-0.25, -0.2) is 0 Å². The van der Waals surface area contributed by atoms with E-state index in [1.807, 2.05) is 41.3 Å². The summed E-state index contributed by atoms with van der Waals surface area (Å²) in [6.45, 7) is 5.85. The minimum Gasteiger partial charge on any atom is -0.490 e. The summed E-state index contributed by atoms with van der Waals surface area (Å²) in [5, 5.41) is 2.06. The molecule has 1 amide bonds. The quantitative estimate of drug-likeness (QED) is 0.447. The lowest BCUT2D eigenvalue weighted by Crippen LogP contribution is -2.52. The molecule has 5 nitrogen and oxygen atoms in total. The van der Waals surface area contributed by atoms with Crippen molar-refractivity contribution in [2.75, 3.05) is 26.2 Å². The first kappa shape index (κ1) is 23.4. The Labute approximate surface area is 210 Å². The Morgan fingerprint density at radius 2 is 1.82 bits per heavy atom. The SMILES string of the molecule is C[C@H]1CN(C2CCN(C(=O)c3ccc4ncccc4c3)CC2)CC[C@H]1Oc1ccc(Cl)c(Cl)c1. The zero-order valence-electron chi connectivity index (χ0n) is 19.3. The molecule has 0 radical (unpaired) electrons. The van der Waals surface area contributed by atoms with Gasteiger partial charge in [-0.05, 0) is 55.7 Å². The summed E-state index contributed by atoms with van der Waals surface area (Å²) in [6.07, 6.45) is 4.93. The summed E-state index contributed by atoms with van der Waals surface area (Å²) >= 11 is 12.2. The molecular weight excluding hydrogens is 469 g/mol. The maximum atomic E-state index is 13.1. The Morgan fingerprint density at radius 1 is 1.00 bits per heavy atom. The molecule has 0 unspecified atom stereocenters. The van der Waals surface area contributed by atoms with Crippen LogP contribution >= 0.6 is 23.2 Å². The highest BCUT2D eigenvalue weighted by atomic mass is 35.5. The minimum absolute atomic E-state index is 0.117. The van der Waals surface area contributed by atoms with Crippen LogP contribution in [0.3, 0.4) is 0 Å². The Morgan fingerprint density at radius 3 is 2.59 bits per heavy atom. The van der Waals surface area contributed by atoms with Gasteiger partial charge < -0.3 is 9.64 Å². The molecule has 5 rings (SSSR count). The topological polar surface area (TPSA) is 45.7 Å². The number of ether oxygens (including phenoxy) is 1. The second kappa shape index (κ2) is 10.1. The third-order valence-corrected chi connectivity index (χ3v) is 7.89. The zero-order valence-corrected chi connectivity index (χ0v) is 20.8. The number of hydrogen-bond acceptors (Lipinski definition) is 4. The van der Waals surface area contributed by atoms with Crippen LogP contribution in [0, 0.1) is 5.92 Å². The molecule has 2 aliphatic heterocycles. The first-order chi connectivity index (χ1) is 16.5. The van der Waals surface area contributed by atoms with Gasteiger partial charge in [-0.1, -0.05) is 36.2 Å². The van der Waals surface area contributed by atoms with Crippen LogP contribution in [0.25, 0.3) is 10.9 Å². The number of rotatable bonds is 4. The number of halogens is 2. The highest BCUT2D eigenvalue weighted by molar-refractivity contribution is 6.42. The minimum atomic E-state index is 0.117. The number of nitrogens with zero attached hydrogens (tertiary/aromatic N) is 3. The van der Waals surface area contributed by atoms with E-state index in [0.29, 0.717) is 22.0 Å². The molecule has 34 heavy (non-hydrogen) atoms. The van der Waals surface area contributed by atoms with E-state index in [4.69, 9.17) is 27.9 Å². The van der Waals surface area contributed by atoms with Crippen molar-refractivity contribution in [3.8, 4) is 5.75 Å². The molecule has 0 aliphatic carbocycles. The van der Waals surface area contributed by atoms with Crippen LogP contribution in [0.15, 0.2) is 54.7 Å². The summed E-state index contributed by atoms with van der Waals surface area (Å²) in [4.78, 5) is 22.0. The highest BCUT2D eigenvalue weighted by Gasteiger charge is 2.34. The van der Waals surface area contributed by atoms with Crippen LogP contribution in [0.5, 0.6) is 5.75 Å². The van der Waals surface area contributed by atoms with E-state index >= 15 is 0 Å². The predicted octanol–water partition coefficient (Wildman–Crippen LogP) is 5.94. The number of amides is 1. The molecule has 2 saturated heterocycles. The molecule has 0 bridgehead atoms. The van der Waals surface area contributed by atoms with E-state index in [-0.39, 0.29) is 12.0 Å². The summed E-state index contributed by atoms with van der Waals surface area (Å²) in [7, 11) is 0. The van der Waals surface area contributed by atoms with E-state index in [2.05, 4.69) is 16.8 Å². The van der Waals surface area contributed by atoms with Crippen molar-refractivity contribution in [1.82, 2.24) is 14.8 Å². The van der Waals surface area contributed by atoms with Crippen LogP contribution in [-0.4, -0.2) is 59.0 Å².